The molecule has 0 atom stereocenters. The predicted molar refractivity (Wildman–Crippen MR) is 117 cm³/mol. The molecule has 0 saturated heterocycles. The summed E-state index contributed by atoms with van der Waals surface area (Å²) in [6.07, 6.45) is 0. The molecule has 4 rings (SSSR count). The summed E-state index contributed by atoms with van der Waals surface area (Å²) in [6.45, 7) is 0. The summed E-state index contributed by atoms with van der Waals surface area (Å²) in [5, 5.41) is 0. The van der Waals surface area contributed by atoms with Gasteiger partial charge in [0.1, 0.15) is 0 Å². The summed E-state index contributed by atoms with van der Waals surface area (Å²) in [4.78, 5) is 0. The fraction of sp³-hybridized carbons (Fsp3) is 0.0769. The molecule has 2 heteroatoms. The molecule has 28 heavy (non-hydrogen) atoms. The second-order valence-corrected chi connectivity index (χ2v) is 7.51. The standard InChI is InChI=1S/C26H21O.Sn.H/c27-26(23-17-9-3-10-18-23,24-19-11-4-12-20-24)25(21-13-5-1-6-14-21)22-15-7-2-8-16-22;;/h1-20,25H;;/q-1;+1;. The van der Waals surface area contributed by atoms with Gasteiger partial charge in [-0.15, -0.1) is 0 Å². The van der Waals surface area contributed by atoms with Crippen molar-refractivity contribution in [2.75, 3.05) is 0 Å². The zero-order valence-electron chi connectivity index (χ0n) is 15.6. The molecule has 0 spiro atoms. The SMILES string of the molecule is [SnH][O]C(c1ccccc1)(c1ccccc1)C(c1ccccc1)c1ccccc1. The van der Waals surface area contributed by atoms with Gasteiger partial charge in [-0.05, 0) is 0 Å². The minimum atomic E-state index is -0.590. The number of hydrogen-bond acceptors (Lipinski definition) is 1. The second kappa shape index (κ2) is 8.76. The topological polar surface area (TPSA) is 9.23 Å². The Morgan fingerprint density at radius 3 is 1.14 bits per heavy atom. The molecule has 4 aromatic rings. The quantitative estimate of drug-likeness (QED) is 0.335. The molecule has 0 bridgehead atoms. The zero-order valence-corrected chi connectivity index (χ0v) is 18.9. The molecule has 4 aromatic carbocycles. The van der Waals surface area contributed by atoms with Gasteiger partial charge >= 0.3 is 181 Å². The van der Waals surface area contributed by atoms with Crippen LogP contribution in [-0.4, -0.2) is 22.9 Å². The van der Waals surface area contributed by atoms with E-state index in [2.05, 4.69) is 121 Å². The van der Waals surface area contributed by atoms with E-state index in [9.17, 15) is 0 Å². The summed E-state index contributed by atoms with van der Waals surface area (Å²) in [5.74, 6) is 0.0369. The third-order valence-corrected chi connectivity index (χ3v) is 6.32. The summed E-state index contributed by atoms with van der Waals surface area (Å²) in [7, 11) is 0. The van der Waals surface area contributed by atoms with Crippen LogP contribution in [0.4, 0.5) is 0 Å². The molecule has 1 nitrogen and oxygen atoms in total. The summed E-state index contributed by atoms with van der Waals surface area (Å²) in [6, 6.07) is 42.6. The molecule has 0 fully saturated rings. The van der Waals surface area contributed by atoms with Gasteiger partial charge in [-0.25, -0.2) is 0 Å². The monoisotopic (exact) mass is 470 g/mol. The van der Waals surface area contributed by atoms with Crippen LogP contribution in [0.25, 0.3) is 0 Å². The minimum absolute atomic E-state index is 0.0369. The molecule has 0 heterocycles. The van der Waals surface area contributed by atoms with Crippen molar-refractivity contribution in [2.24, 2.45) is 0 Å². The third-order valence-electron chi connectivity index (χ3n) is 5.26. The maximum atomic E-state index is 6.61. The zero-order chi connectivity index (χ0) is 19.2. The Labute approximate surface area is 180 Å². The van der Waals surface area contributed by atoms with Crippen LogP contribution >= 0.6 is 0 Å². The van der Waals surface area contributed by atoms with Crippen molar-refractivity contribution in [3.63, 3.8) is 0 Å². The molecule has 0 aliphatic carbocycles. The third kappa shape index (κ3) is 3.52. The summed E-state index contributed by atoms with van der Waals surface area (Å²) >= 11 is 0.693. The Morgan fingerprint density at radius 2 is 0.821 bits per heavy atom. The number of hydrogen-bond donors (Lipinski definition) is 0. The van der Waals surface area contributed by atoms with E-state index in [4.69, 9.17) is 3.07 Å². The van der Waals surface area contributed by atoms with E-state index < -0.39 is 5.60 Å². The van der Waals surface area contributed by atoms with E-state index in [0.717, 1.165) is 0 Å². The van der Waals surface area contributed by atoms with Crippen LogP contribution in [0, 0.1) is 0 Å². The van der Waals surface area contributed by atoms with Gasteiger partial charge < -0.3 is 0 Å². The van der Waals surface area contributed by atoms with E-state index in [0.29, 0.717) is 22.9 Å². The van der Waals surface area contributed by atoms with Crippen LogP contribution in [0.3, 0.4) is 0 Å². The Bertz CT molecular complexity index is 907. The van der Waals surface area contributed by atoms with Crippen LogP contribution in [0.5, 0.6) is 0 Å². The predicted octanol–water partition coefficient (Wildman–Crippen LogP) is 5.59. The van der Waals surface area contributed by atoms with Gasteiger partial charge in [0.15, 0.2) is 0 Å². The molecule has 0 aliphatic rings. The molecule has 0 unspecified atom stereocenters. The first-order valence-electron chi connectivity index (χ1n) is 9.45. The fourth-order valence-electron chi connectivity index (χ4n) is 4.03. The molecule has 136 valence electrons. The van der Waals surface area contributed by atoms with E-state index in [1.165, 1.54) is 22.3 Å². The van der Waals surface area contributed by atoms with Crippen LogP contribution < -0.4 is 0 Å². The maximum absolute atomic E-state index is 6.61. The normalized spacial score (nSPS) is 11.5. The van der Waals surface area contributed by atoms with E-state index >= 15 is 0 Å². The molecular formula is C26H22OSn. The average molecular weight is 469 g/mol. The first-order chi connectivity index (χ1) is 13.9. The van der Waals surface area contributed by atoms with Crippen molar-refractivity contribution in [2.45, 2.75) is 11.5 Å². The molecule has 2 radical (unpaired) electrons. The van der Waals surface area contributed by atoms with Gasteiger partial charge in [-0.3, -0.25) is 0 Å². The van der Waals surface area contributed by atoms with E-state index in [1.54, 1.807) is 0 Å². The average Bonchev–Trinajstić information content (AvgIpc) is 2.80. The Balaban J connectivity index is 2.05. The van der Waals surface area contributed by atoms with Gasteiger partial charge in [0.2, 0.25) is 0 Å². The van der Waals surface area contributed by atoms with Crippen molar-refractivity contribution in [1.82, 2.24) is 0 Å². The number of benzene rings is 4. The van der Waals surface area contributed by atoms with Gasteiger partial charge in [0.05, 0.1) is 0 Å². The Morgan fingerprint density at radius 1 is 0.500 bits per heavy atom. The van der Waals surface area contributed by atoms with Crippen molar-refractivity contribution >= 4 is 22.9 Å². The van der Waals surface area contributed by atoms with Crippen LogP contribution in [0.15, 0.2) is 121 Å². The molecule has 0 N–H and O–H groups in total. The summed E-state index contributed by atoms with van der Waals surface area (Å²) in [5.41, 5.74) is 4.25. The summed E-state index contributed by atoms with van der Waals surface area (Å²) < 4.78 is 6.61. The molecule has 0 amide bonds. The first kappa shape index (κ1) is 19.0. The first-order valence-corrected chi connectivity index (χ1v) is 10.8. The molecule has 0 saturated carbocycles. The number of rotatable bonds is 6. The van der Waals surface area contributed by atoms with E-state index in [-0.39, 0.29) is 5.92 Å². The van der Waals surface area contributed by atoms with Gasteiger partial charge in [-0.1, -0.05) is 0 Å². The fourth-order valence-corrected chi connectivity index (χ4v) is 5.19. The second-order valence-electron chi connectivity index (χ2n) is 6.84. The van der Waals surface area contributed by atoms with Crippen LogP contribution in [0.1, 0.15) is 28.2 Å². The van der Waals surface area contributed by atoms with Gasteiger partial charge in [0, 0.05) is 0 Å². The van der Waals surface area contributed by atoms with Crippen molar-refractivity contribution in [3.05, 3.63) is 144 Å². The molecular weight excluding hydrogens is 447 g/mol. The van der Waals surface area contributed by atoms with Gasteiger partial charge in [0.25, 0.3) is 0 Å². The molecule has 0 aromatic heterocycles. The van der Waals surface area contributed by atoms with Crippen LogP contribution in [0.2, 0.25) is 0 Å². The van der Waals surface area contributed by atoms with Crippen molar-refractivity contribution in [1.29, 1.82) is 0 Å². The van der Waals surface area contributed by atoms with E-state index in [1.807, 2.05) is 0 Å². The van der Waals surface area contributed by atoms with Crippen molar-refractivity contribution < 1.29 is 3.07 Å². The van der Waals surface area contributed by atoms with Gasteiger partial charge in [-0.2, -0.15) is 0 Å². The molecule has 0 aliphatic heterocycles. The Hall–Kier alpha value is -2.36. The van der Waals surface area contributed by atoms with Crippen LogP contribution in [-0.2, 0) is 8.68 Å². The van der Waals surface area contributed by atoms with Crippen molar-refractivity contribution in [3.8, 4) is 0 Å². The Kier molecular flexibility index (Phi) is 5.94.